The normalized spacial score (nSPS) is 12.6. The van der Waals surface area contributed by atoms with Crippen LogP contribution in [0.25, 0.3) is 0 Å². The molecule has 0 bridgehead atoms. The Bertz CT molecular complexity index is 411. The molecule has 0 spiro atoms. The average Bonchev–Trinajstić information content (AvgIpc) is 2.28. The second kappa shape index (κ2) is 6.54. The van der Waals surface area contributed by atoms with E-state index >= 15 is 0 Å². The Kier molecular flexibility index (Phi) is 5.66. The van der Waals surface area contributed by atoms with Gasteiger partial charge in [0.25, 0.3) is 5.91 Å². The zero-order chi connectivity index (χ0) is 13.0. The molecule has 2 nitrogen and oxygen atoms in total. The van der Waals surface area contributed by atoms with Crippen molar-refractivity contribution in [3.05, 3.63) is 34.6 Å². The summed E-state index contributed by atoms with van der Waals surface area (Å²) in [6.07, 6.45) is 0. The van der Waals surface area contributed by atoms with Crippen molar-refractivity contribution in [2.75, 3.05) is 4.43 Å². The molecule has 1 aromatic carbocycles. The number of amides is 1. The number of hydrogen-bond acceptors (Lipinski definition) is 1. The van der Waals surface area contributed by atoms with Gasteiger partial charge in [-0.2, -0.15) is 0 Å². The van der Waals surface area contributed by atoms with E-state index in [9.17, 15) is 9.18 Å². The molecule has 1 amide bonds. The fraction of sp³-hybridized carbons (Fsp3) is 0.417. The third kappa shape index (κ3) is 4.10. The van der Waals surface area contributed by atoms with Gasteiger partial charge in [-0.3, -0.25) is 4.79 Å². The van der Waals surface area contributed by atoms with Crippen LogP contribution in [0.4, 0.5) is 4.39 Å². The number of carbonyl (C=O) groups excluding carboxylic acids is 1. The van der Waals surface area contributed by atoms with Crippen molar-refractivity contribution in [2.24, 2.45) is 5.92 Å². The van der Waals surface area contributed by atoms with Crippen LogP contribution in [0.15, 0.2) is 18.2 Å². The summed E-state index contributed by atoms with van der Waals surface area (Å²) >= 11 is 7.86. The smallest absolute Gasteiger partial charge is 0.251 e. The molecule has 0 radical (unpaired) electrons. The summed E-state index contributed by atoms with van der Waals surface area (Å²) in [5.74, 6) is -0.383. The van der Waals surface area contributed by atoms with E-state index in [1.165, 1.54) is 18.2 Å². The molecule has 0 aliphatic rings. The van der Waals surface area contributed by atoms with E-state index in [4.69, 9.17) is 11.6 Å². The van der Waals surface area contributed by atoms with E-state index in [0.717, 1.165) is 4.43 Å². The molecule has 0 fully saturated rings. The maximum atomic E-state index is 13.0. The second-order valence-electron chi connectivity index (χ2n) is 4.11. The lowest BCUT2D eigenvalue weighted by atomic mass is 10.1. The Labute approximate surface area is 119 Å². The Hall–Kier alpha value is -0.360. The Balaban J connectivity index is 2.79. The molecule has 0 aromatic heterocycles. The van der Waals surface area contributed by atoms with Crippen LogP contribution in [0.3, 0.4) is 0 Å². The van der Waals surface area contributed by atoms with Crippen molar-refractivity contribution >= 4 is 40.1 Å². The lowest BCUT2D eigenvalue weighted by molar-refractivity contribution is 0.0932. The molecular weight excluding hydrogens is 355 g/mol. The molecule has 1 aromatic rings. The largest absolute Gasteiger partial charge is 0.348 e. The molecule has 1 unspecified atom stereocenters. The Morgan fingerprint density at radius 2 is 2.18 bits per heavy atom. The first-order valence-corrected chi connectivity index (χ1v) is 7.18. The summed E-state index contributed by atoms with van der Waals surface area (Å²) < 4.78 is 13.8. The fourth-order valence-corrected chi connectivity index (χ4v) is 2.69. The first-order chi connectivity index (χ1) is 7.95. The highest BCUT2D eigenvalue weighted by Crippen LogP contribution is 2.16. The highest BCUT2D eigenvalue weighted by molar-refractivity contribution is 14.1. The first-order valence-electron chi connectivity index (χ1n) is 5.27. The minimum absolute atomic E-state index is 0.0341. The predicted octanol–water partition coefficient (Wildman–Crippen LogP) is 3.67. The molecule has 1 rings (SSSR count). The number of carbonyl (C=O) groups is 1. The van der Waals surface area contributed by atoms with Crippen LogP contribution in [0.1, 0.15) is 24.2 Å². The summed E-state index contributed by atoms with van der Waals surface area (Å²) in [5.41, 5.74) is 0.381. The topological polar surface area (TPSA) is 29.1 Å². The van der Waals surface area contributed by atoms with Crippen LogP contribution in [0.2, 0.25) is 5.02 Å². The molecule has 0 saturated heterocycles. The molecule has 0 heterocycles. The van der Waals surface area contributed by atoms with Crippen LogP contribution in [0.5, 0.6) is 0 Å². The summed E-state index contributed by atoms with van der Waals surface area (Å²) in [6, 6.07) is 4.08. The average molecular weight is 370 g/mol. The van der Waals surface area contributed by atoms with Crippen molar-refractivity contribution < 1.29 is 9.18 Å². The third-order valence-corrected chi connectivity index (χ3v) is 3.71. The van der Waals surface area contributed by atoms with Gasteiger partial charge < -0.3 is 5.32 Å². The number of alkyl halides is 1. The third-order valence-electron chi connectivity index (χ3n) is 2.47. The number of rotatable bonds is 4. The Morgan fingerprint density at radius 1 is 1.53 bits per heavy atom. The lowest BCUT2D eigenvalue weighted by Gasteiger charge is -2.20. The number of nitrogens with one attached hydrogen (secondary N) is 1. The monoisotopic (exact) mass is 369 g/mol. The highest BCUT2D eigenvalue weighted by atomic mass is 127. The van der Waals surface area contributed by atoms with E-state index in [-0.39, 0.29) is 17.0 Å². The van der Waals surface area contributed by atoms with E-state index in [0.29, 0.717) is 11.5 Å². The van der Waals surface area contributed by atoms with E-state index in [1.54, 1.807) is 0 Å². The van der Waals surface area contributed by atoms with Gasteiger partial charge in [0.1, 0.15) is 5.82 Å². The molecule has 0 aliphatic carbocycles. The fourth-order valence-electron chi connectivity index (χ4n) is 1.27. The summed E-state index contributed by atoms with van der Waals surface area (Å²) in [6.45, 7) is 4.09. The van der Waals surface area contributed by atoms with Gasteiger partial charge in [-0.05, 0) is 24.1 Å². The van der Waals surface area contributed by atoms with Gasteiger partial charge in [-0.1, -0.05) is 48.0 Å². The molecule has 0 saturated carbocycles. The van der Waals surface area contributed by atoms with Gasteiger partial charge in [0.15, 0.2) is 0 Å². The summed E-state index contributed by atoms with van der Waals surface area (Å²) in [5, 5.41) is 2.87. The van der Waals surface area contributed by atoms with Gasteiger partial charge in [-0.15, -0.1) is 0 Å². The van der Waals surface area contributed by atoms with Crippen molar-refractivity contribution in [1.29, 1.82) is 0 Å². The zero-order valence-corrected chi connectivity index (χ0v) is 12.5. The van der Waals surface area contributed by atoms with Crippen LogP contribution in [-0.2, 0) is 0 Å². The van der Waals surface area contributed by atoms with Gasteiger partial charge in [0, 0.05) is 16.0 Å². The minimum atomic E-state index is -0.516. The van der Waals surface area contributed by atoms with Crippen molar-refractivity contribution in [3.8, 4) is 0 Å². The molecule has 5 heteroatoms. The van der Waals surface area contributed by atoms with Crippen LogP contribution >= 0.6 is 34.2 Å². The lowest BCUT2D eigenvalue weighted by Crippen LogP contribution is -2.39. The second-order valence-corrected chi connectivity index (χ2v) is 5.40. The highest BCUT2D eigenvalue weighted by Gasteiger charge is 2.16. The zero-order valence-electron chi connectivity index (χ0n) is 9.64. The number of halogens is 3. The maximum Gasteiger partial charge on any atom is 0.251 e. The summed E-state index contributed by atoms with van der Waals surface area (Å²) in [4.78, 5) is 11.9. The Morgan fingerprint density at radius 3 is 2.65 bits per heavy atom. The van der Waals surface area contributed by atoms with Gasteiger partial charge in [0.05, 0.1) is 5.02 Å². The van der Waals surface area contributed by atoms with Gasteiger partial charge in [0.2, 0.25) is 0 Å². The number of benzene rings is 1. The molecular formula is C12H14ClFINO. The van der Waals surface area contributed by atoms with Crippen LogP contribution in [0, 0.1) is 11.7 Å². The first kappa shape index (κ1) is 14.7. The molecule has 1 N–H and O–H groups in total. The van der Waals surface area contributed by atoms with Crippen molar-refractivity contribution in [3.63, 3.8) is 0 Å². The minimum Gasteiger partial charge on any atom is -0.348 e. The quantitative estimate of drug-likeness (QED) is 0.637. The van der Waals surface area contributed by atoms with Crippen LogP contribution in [-0.4, -0.2) is 16.4 Å². The molecule has 94 valence electrons. The molecule has 1 atom stereocenters. The number of hydrogen-bond donors (Lipinski definition) is 1. The van der Waals surface area contributed by atoms with E-state index in [2.05, 4.69) is 27.9 Å². The van der Waals surface area contributed by atoms with Gasteiger partial charge >= 0.3 is 0 Å². The van der Waals surface area contributed by atoms with Gasteiger partial charge in [-0.25, -0.2) is 4.39 Å². The molecule has 17 heavy (non-hydrogen) atoms. The predicted molar refractivity (Wildman–Crippen MR) is 76.4 cm³/mol. The SMILES string of the molecule is CC(C)C(CI)NC(=O)c1ccc(F)c(Cl)c1. The maximum absolute atomic E-state index is 13.0. The van der Waals surface area contributed by atoms with E-state index < -0.39 is 5.82 Å². The van der Waals surface area contributed by atoms with Crippen molar-refractivity contribution in [1.82, 2.24) is 5.32 Å². The van der Waals surface area contributed by atoms with Crippen molar-refractivity contribution in [2.45, 2.75) is 19.9 Å². The van der Waals surface area contributed by atoms with Crippen LogP contribution < -0.4 is 5.32 Å². The standard InChI is InChI=1S/C12H14ClFINO/c1-7(2)11(6-15)16-12(17)8-3-4-10(14)9(13)5-8/h3-5,7,11H,6H2,1-2H3,(H,16,17). The van der Waals surface area contributed by atoms with E-state index in [1.807, 2.05) is 13.8 Å². The molecule has 0 aliphatic heterocycles. The summed E-state index contributed by atoms with van der Waals surface area (Å²) in [7, 11) is 0.